The number of hydrogen-bond acceptors (Lipinski definition) is 3. The van der Waals surface area contributed by atoms with Gasteiger partial charge in [-0.1, -0.05) is 49.4 Å². The summed E-state index contributed by atoms with van der Waals surface area (Å²) in [5.74, 6) is 0.825. The van der Waals surface area contributed by atoms with E-state index in [1.165, 1.54) is 0 Å². The molecule has 3 aromatic rings. The number of hydrogen-bond donors (Lipinski definition) is 2. The Kier molecular flexibility index (Phi) is 4.49. The van der Waals surface area contributed by atoms with Gasteiger partial charge >= 0.3 is 0 Å². The first kappa shape index (κ1) is 15.4. The minimum absolute atomic E-state index is 0.0262. The molecule has 0 aliphatic carbocycles. The van der Waals surface area contributed by atoms with Crippen molar-refractivity contribution in [1.82, 2.24) is 0 Å². The van der Waals surface area contributed by atoms with Gasteiger partial charge in [-0.15, -0.1) is 0 Å². The summed E-state index contributed by atoms with van der Waals surface area (Å²) >= 11 is 0. The quantitative estimate of drug-likeness (QED) is 0.687. The van der Waals surface area contributed by atoms with E-state index in [4.69, 9.17) is 4.74 Å². The monoisotopic (exact) mass is 307 g/mol. The first-order chi connectivity index (χ1) is 11.2. The first-order valence-electron chi connectivity index (χ1n) is 7.75. The van der Waals surface area contributed by atoms with Crippen molar-refractivity contribution in [3.63, 3.8) is 0 Å². The van der Waals surface area contributed by atoms with Crippen molar-refractivity contribution in [2.75, 3.05) is 12.4 Å². The second-order valence-corrected chi connectivity index (χ2v) is 5.72. The number of fused-ring (bicyclic) bond motifs is 1. The number of para-hydroxylation sites is 1. The van der Waals surface area contributed by atoms with E-state index in [1.807, 2.05) is 55.5 Å². The molecule has 0 fully saturated rings. The minimum atomic E-state index is -0.645. The van der Waals surface area contributed by atoms with E-state index in [-0.39, 0.29) is 5.92 Å². The zero-order valence-corrected chi connectivity index (χ0v) is 13.4. The standard InChI is InChI=1S/C20H21NO2/c1-14(20(22)21-18-6-4-3-5-7-18)15-8-9-17-13-19(23-2)11-10-16(17)12-15/h3-14,20-22H,1-2H3. The SMILES string of the molecule is COc1ccc2cc(C(C)C(O)Nc3ccccc3)ccc2c1. The van der Waals surface area contributed by atoms with Crippen LogP contribution in [0.1, 0.15) is 18.4 Å². The van der Waals surface area contributed by atoms with Gasteiger partial charge in [0.15, 0.2) is 0 Å². The lowest BCUT2D eigenvalue weighted by Gasteiger charge is -2.22. The van der Waals surface area contributed by atoms with Crippen molar-refractivity contribution in [2.24, 2.45) is 0 Å². The zero-order chi connectivity index (χ0) is 16.2. The van der Waals surface area contributed by atoms with Gasteiger partial charge < -0.3 is 15.2 Å². The molecule has 0 aliphatic rings. The van der Waals surface area contributed by atoms with Gasteiger partial charge in [-0.2, -0.15) is 0 Å². The molecule has 0 spiro atoms. The van der Waals surface area contributed by atoms with Crippen LogP contribution in [-0.4, -0.2) is 18.4 Å². The Balaban J connectivity index is 1.81. The Morgan fingerprint density at radius 1 is 0.913 bits per heavy atom. The van der Waals surface area contributed by atoms with Crippen molar-refractivity contribution < 1.29 is 9.84 Å². The van der Waals surface area contributed by atoms with Crippen LogP contribution < -0.4 is 10.1 Å². The molecule has 2 N–H and O–H groups in total. The Morgan fingerprint density at radius 3 is 2.35 bits per heavy atom. The average molecular weight is 307 g/mol. The molecule has 3 nitrogen and oxygen atoms in total. The molecule has 0 aliphatic heterocycles. The molecule has 0 amide bonds. The molecule has 3 heteroatoms. The third-order valence-corrected chi connectivity index (χ3v) is 4.16. The maximum atomic E-state index is 10.4. The van der Waals surface area contributed by atoms with Gasteiger partial charge in [-0.25, -0.2) is 0 Å². The second kappa shape index (κ2) is 6.71. The maximum Gasteiger partial charge on any atom is 0.131 e. The van der Waals surface area contributed by atoms with Gasteiger partial charge in [0.1, 0.15) is 12.0 Å². The average Bonchev–Trinajstić information content (AvgIpc) is 2.61. The van der Waals surface area contributed by atoms with Crippen molar-refractivity contribution in [3.8, 4) is 5.75 Å². The summed E-state index contributed by atoms with van der Waals surface area (Å²) in [5.41, 5.74) is 2.01. The Hall–Kier alpha value is -2.52. The Labute approximate surface area is 136 Å². The van der Waals surface area contributed by atoms with Gasteiger partial charge in [0.25, 0.3) is 0 Å². The number of rotatable bonds is 5. The number of benzene rings is 3. The zero-order valence-electron chi connectivity index (χ0n) is 13.4. The molecule has 23 heavy (non-hydrogen) atoms. The molecule has 0 radical (unpaired) electrons. The predicted octanol–water partition coefficient (Wildman–Crippen LogP) is 4.38. The van der Waals surface area contributed by atoms with Crippen molar-refractivity contribution in [1.29, 1.82) is 0 Å². The van der Waals surface area contributed by atoms with E-state index in [0.717, 1.165) is 27.8 Å². The fourth-order valence-electron chi connectivity index (χ4n) is 2.66. The lowest BCUT2D eigenvalue weighted by Crippen LogP contribution is -2.25. The molecule has 0 saturated carbocycles. The van der Waals surface area contributed by atoms with E-state index >= 15 is 0 Å². The second-order valence-electron chi connectivity index (χ2n) is 5.72. The molecule has 0 saturated heterocycles. The first-order valence-corrected chi connectivity index (χ1v) is 7.75. The van der Waals surface area contributed by atoms with E-state index in [1.54, 1.807) is 7.11 Å². The molecular weight excluding hydrogens is 286 g/mol. The van der Waals surface area contributed by atoms with Crippen molar-refractivity contribution in [2.45, 2.75) is 19.1 Å². The van der Waals surface area contributed by atoms with Crippen LogP contribution in [-0.2, 0) is 0 Å². The van der Waals surface area contributed by atoms with E-state index in [2.05, 4.69) is 23.5 Å². The molecule has 2 atom stereocenters. The number of aliphatic hydroxyl groups excluding tert-OH is 1. The Morgan fingerprint density at radius 2 is 1.61 bits per heavy atom. The largest absolute Gasteiger partial charge is 0.497 e. The van der Waals surface area contributed by atoms with Crippen LogP contribution in [0.2, 0.25) is 0 Å². The van der Waals surface area contributed by atoms with Crippen LogP contribution in [0.5, 0.6) is 5.75 Å². The molecule has 118 valence electrons. The highest BCUT2D eigenvalue weighted by molar-refractivity contribution is 5.84. The van der Waals surface area contributed by atoms with Gasteiger partial charge in [0.2, 0.25) is 0 Å². The summed E-state index contributed by atoms with van der Waals surface area (Å²) in [6.45, 7) is 2.02. The summed E-state index contributed by atoms with van der Waals surface area (Å²) in [6.07, 6.45) is -0.645. The molecule has 2 unspecified atom stereocenters. The van der Waals surface area contributed by atoms with Gasteiger partial charge in [0, 0.05) is 11.6 Å². The van der Waals surface area contributed by atoms with Crippen LogP contribution in [0.15, 0.2) is 66.7 Å². The van der Waals surface area contributed by atoms with Crippen LogP contribution in [0, 0.1) is 0 Å². The summed E-state index contributed by atoms with van der Waals surface area (Å²) in [5, 5.41) is 15.9. The highest BCUT2D eigenvalue weighted by Gasteiger charge is 2.16. The smallest absolute Gasteiger partial charge is 0.131 e. The number of anilines is 1. The predicted molar refractivity (Wildman–Crippen MR) is 95.0 cm³/mol. The van der Waals surface area contributed by atoms with Gasteiger partial charge in [-0.3, -0.25) is 0 Å². The van der Waals surface area contributed by atoms with Gasteiger partial charge in [-0.05, 0) is 40.6 Å². The lowest BCUT2D eigenvalue weighted by molar-refractivity contribution is 0.177. The van der Waals surface area contributed by atoms with Crippen LogP contribution in [0.25, 0.3) is 10.8 Å². The van der Waals surface area contributed by atoms with Crippen molar-refractivity contribution in [3.05, 3.63) is 72.3 Å². The van der Waals surface area contributed by atoms with E-state index in [9.17, 15) is 5.11 Å². The fraction of sp³-hybridized carbons (Fsp3) is 0.200. The molecular formula is C20H21NO2. The van der Waals surface area contributed by atoms with Crippen molar-refractivity contribution >= 4 is 16.5 Å². The van der Waals surface area contributed by atoms with E-state index < -0.39 is 6.23 Å². The summed E-state index contributed by atoms with van der Waals surface area (Å²) in [6, 6.07) is 22.0. The third-order valence-electron chi connectivity index (χ3n) is 4.16. The fourth-order valence-corrected chi connectivity index (χ4v) is 2.66. The third kappa shape index (κ3) is 3.46. The normalized spacial score (nSPS) is 13.5. The molecule has 3 aromatic carbocycles. The van der Waals surface area contributed by atoms with Gasteiger partial charge in [0.05, 0.1) is 7.11 Å². The van der Waals surface area contributed by atoms with Crippen LogP contribution in [0.4, 0.5) is 5.69 Å². The highest BCUT2D eigenvalue weighted by Crippen LogP contribution is 2.27. The number of methoxy groups -OCH3 is 1. The lowest BCUT2D eigenvalue weighted by atomic mass is 9.96. The summed E-state index contributed by atoms with van der Waals surface area (Å²) < 4.78 is 5.25. The molecule has 0 heterocycles. The molecule has 3 rings (SSSR count). The topological polar surface area (TPSA) is 41.5 Å². The Bertz CT molecular complexity index is 786. The number of aliphatic hydroxyl groups is 1. The minimum Gasteiger partial charge on any atom is -0.497 e. The number of ether oxygens (including phenoxy) is 1. The van der Waals surface area contributed by atoms with E-state index in [0.29, 0.717) is 0 Å². The molecule has 0 bridgehead atoms. The molecule has 0 aromatic heterocycles. The maximum absolute atomic E-state index is 10.4. The van der Waals surface area contributed by atoms with Crippen LogP contribution >= 0.6 is 0 Å². The summed E-state index contributed by atoms with van der Waals surface area (Å²) in [4.78, 5) is 0. The summed E-state index contributed by atoms with van der Waals surface area (Å²) in [7, 11) is 1.67. The van der Waals surface area contributed by atoms with Crippen LogP contribution in [0.3, 0.4) is 0 Å². The number of nitrogens with one attached hydrogen (secondary N) is 1. The highest BCUT2D eigenvalue weighted by atomic mass is 16.5.